The van der Waals surface area contributed by atoms with E-state index in [4.69, 9.17) is 4.74 Å². The van der Waals surface area contributed by atoms with Gasteiger partial charge in [0.25, 0.3) is 5.91 Å². The zero-order valence-electron chi connectivity index (χ0n) is 18.5. The van der Waals surface area contributed by atoms with Crippen LogP contribution in [0.4, 0.5) is 10.5 Å². The van der Waals surface area contributed by atoms with E-state index in [9.17, 15) is 9.59 Å². The van der Waals surface area contributed by atoms with E-state index in [-0.39, 0.29) is 11.9 Å². The van der Waals surface area contributed by atoms with E-state index in [1.165, 1.54) is 4.90 Å². The maximum Gasteiger partial charge on any atom is 0.335 e. The Bertz CT molecular complexity index is 1220. The number of imide groups is 1. The lowest BCUT2D eigenvalue weighted by Crippen LogP contribution is -2.67. The molecule has 2 atom stereocenters. The van der Waals surface area contributed by atoms with Gasteiger partial charge in [-0.3, -0.25) is 14.6 Å². The molecule has 3 amide bonds. The van der Waals surface area contributed by atoms with Crippen LogP contribution in [0.25, 0.3) is 0 Å². The second kappa shape index (κ2) is 7.52. The zero-order valence-corrected chi connectivity index (χ0v) is 18.5. The highest BCUT2D eigenvalue weighted by Crippen LogP contribution is 2.49. The summed E-state index contributed by atoms with van der Waals surface area (Å²) in [7, 11) is 0. The zero-order chi connectivity index (χ0) is 22.5. The molecule has 32 heavy (non-hydrogen) atoms. The Kier molecular flexibility index (Phi) is 4.77. The van der Waals surface area contributed by atoms with Gasteiger partial charge in [0.2, 0.25) is 0 Å². The van der Waals surface area contributed by atoms with Crippen LogP contribution in [-0.4, -0.2) is 22.6 Å². The molecule has 0 N–H and O–H groups in total. The van der Waals surface area contributed by atoms with Crippen molar-refractivity contribution in [3.63, 3.8) is 0 Å². The molecule has 0 radical (unpaired) electrons. The molecule has 0 spiro atoms. The van der Waals surface area contributed by atoms with E-state index in [1.807, 2.05) is 80.6 Å². The number of rotatable bonds is 3. The van der Waals surface area contributed by atoms with Crippen molar-refractivity contribution in [1.82, 2.24) is 4.90 Å². The van der Waals surface area contributed by atoms with E-state index in [2.05, 4.69) is 6.92 Å². The lowest BCUT2D eigenvalue weighted by atomic mass is 9.88. The number of anilines is 1. The Morgan fingerprint density at radius 1 is 1.06 bits per heavy atom. The number of fused-ring (bicyclic) bond motifs is 4. The number of nitrogens with zero attached hydrogens (tertiary/aromatic N) is 2. The van der Waals surface area contributed by atoms with Crippen LogP contribution in [0.1, 0.15) is 53.4 Å². The molecule has 0 aromatic heterocycles. The van der Waals surface area contributed by atoms with Crippen LogP contribution in [0.5, 0.6) is 5.75 Å². The Morgan fingerprint density at radius 3 is 2.59 bits per heavy atom. The summed E-state index contributed by atoms with van der Waals surface area (Å²) in [5.74, 6) is 0.423. The van der Waals surface area contributed by atoms with E-state index in [0.717, 1.165) is 28.8 Å². The number of ether oxygens (including phenoxy) is 1. The lowest BCUT2D eigenvalue weighted by Gasteiger charge is -2.53. The predicted octanol–water partition coefficient (Wildman–Crippen LogP) is 5.88. The van der Waals surface area contributed by atoms with Crippen molar-refractivity contribution in [1.29, 1.82) is 0 Å². The van der Waals surface area contributed by atoms with Gasteiger partial charge in [-0.1, -0.05) is 55.5 Å². The van der Waals surface area contributed by atoms with E-state index >= 15 is 0 Å². The molecule has 0 saturated carbocycles. The summed E-state index contributed by atoms with van der Waals surface area (Å²) >= 11 is 0. The van der Waals surface area contributed by atoms with Crippen molar-refractivity contribution in [2.45, 2.75) is 45.4 Å². The van der Waals surface area contributed by atoms with Crippen molar-refractivity contribution in [2.24, 2.45) is 0 Å². The second-order valence-corrected chi connectivity index (χ2v) is 8.67. The molecule has 2 bridgehead atoms. The van der Waals surface area contributed by atoms with Crippen molar-refractivity contribution in [2.75, 3.05) is 4.90 Å². The molecule has 0 unspecified atom stereocenters. The molecule has 162 valence electrons. The van der Waals surface area contributed by atoms with Crippen LogP contribution < -0.4 is 9.64 Å². The molecule has 2 aliphatic rings. The number of hydrogen-bond acceptors (Lipinski definition) is 3. The number of amides is 3. The first kappa shape index (κ1) is 20.3. The van der Waals surface area contributed by atoms with Crippen molar-refractivity contribution in [3.8, 4) is 5.75 Å². The van der Waals surface area contributed by atoms with Crippen molar-refractivity contribution < 1.29 is 14.3 Å². The van der Waals surface area contributed by atoms with Crippen molar-refractivity contribution >= 4 is 17.6 Å². The summed E-state index contributed by atoms with van der Waals surface area (Å²) < 4.78 is 6.43. The quantitative estimate of drug-likeness (QED) is 0.525. The molecule has 5 nitrogen and oxygen atoms in total. The third kappa shape index (κ3) is 3.08. The SMILES string of the molecule is CCc1cccc(N2C(=O)N(C(=O)c3ccccc3C)[C@H]3C[C@]2(C)Oc2ccccc23)c1. The smallest absolute Gasteiger partial charge is 0.335 e. The molecule has 5 rings (SSSR count). The number of aryl methyl sites for hydroxylation is 2. The molecular weight excluding hydrogens is 400 g/mol. The fourth-order valence-corrected chi connectivity index (χ4v) is 4.88. The van der Waals surface area contributed by atoms with Gasteiger partial charge in [0.1, 0.15) is 5.75 Å². The number of hydrogen-bond donors (Lipinski definition) is 0. The van der Waals surface area contributed by atoms with E-state index in [1.54, 1.807) is 11.0 Å². The average Bonchev–Trinajstić information content (AvgIpc) is 2.79. The van der Waals surface area contributed by atoms with Crippen molar-refractivity contribution in [3.05, 3.63) is 95.1 Å². The molecule has 2 aliphatic heterocycles. The largest absolute Gasteiger partial charge is 0.467 e. The topological polar surface area (TPSA) is 49.9 Å². The van der Waals surface area contributed by atoms with Crippen LogP contribution in [0, 0.1) is 6.92 Å². The fourth-order valence-electron chi connectivity index (χ4n) is 4.88. The van der Waals surface area contributed by atoms with Gasteiger partial charge in [-0.05, 0) is 55.7 Å². The van der Waals surface area contributed by atoms with Crippen LogP contribution >= 0.6 is 0 Å². The van der Waals surface area contributed by atoms with E-state index in [0.29, 0.717) is 17.7 Å². The standard InChI is InChI=1S/C27H26N2O3/c1-4-19-11-9-12-20(16-19)29-26(31)28(25(30)21-13-6-5-10-18(21)2)23-17-27(29,3)32-24-15-8-7-14-22(23)24/h5-16,23H,4,17H2,1-3H3/t23-,27-/m0/s1. The Hall–Kier alpha value is -3.60. The predicted molar refractivity (Wildman–Crippen MR) is 124 cm³/mol. The fraction of sp³-hybridized carbons (Fsp3) is 0.259. The van der Waals surface area contributed by atoms with Gasteiger partial charge in [0.05, 0.1) is 6.04 Å². The number of benzene rings is 3. The highest BCUT2D eigenvalue weighted by molar-refractivity contribution is 6.11. The molecule has 3 aromatic rings. The van der Waals surface area contributed by atoms with Crippen LogP contribution in [0.3, 0.4) is 0 Å². The lowest BCUT2D eigenvalue weighted by molar-refractivity contribution is 0.00266. The first-order valence-electron chi connectivity index (χ1n) is 11.0. The van der Waals surface area contributed by atoms with Gasteiger partial charge in [-0.15, -0.1) is 0 Å². The summed E-state index contributed by atoms with van der Waals surface area (Å²) in [6, 6.07) is 22.2. The monoisotopic (exact) mass is 426 g/mol. The Morgan fingerprint density at radius 2 is 1.81 bits per heavy atom. The average molecular weight is 427 g/mol. The first-order valence-corrected chi connectivity index (χ1v) is 11.0. The molecular formula is C27H26N2O3. The molecule has 0 aliphatic carbocycles. The molecule has 1 saturated heterocycles. The normalized spacial score (nSPS) is 21.7. The number of carbonyl (C=O) groups is 2. The van der Waals surface area contributed by atoms with Gasteiger partial charge < -0.3 is 4.74 Å². The third-order valence-electron chi connectivity index (χ3n) is 6.53. The minimum absolute atomic E-state index is 0.284. The summed E-state index contributed by atoms with van der Waals surface area (Å²) in [6.45, 7) is 5.91. The minimum Gasteiger partial charge on any atom is -0.467 e. The molecule has 3 aromatic carbocycles. The summed E-state index contributed by atoms with van der Waals surface area (Å²) in [6.07, 6.45) is 1.34. The Labute approximate surface area is 188 Å². The van der Waals surface area contributed by atoms with Gasteiger partial charge in [0.15, 0.2) is 5.72 Å². The minimum atomic E-state index is -0.898. The van der Waals surface area contributed by atoms with Gasteiger partial charge in [0, 0.05) is 23.2 Å². The number of para-hydroxylation sites is 1. The number of carbonyl (C=O) groups excluding carboxylic acids is 2. The Balaban J connectivity index is 1.69. The summed E-state index contributed by atoms with van der Waals surface area (Å²) in [5, 5.41) is 0. The first-order chi connectivity index (χ1) is 15.4. The van der Waals surface area contributed by atoms with Crippen LogP contribution in [0.15, 0.2) is 72.8 Å². The maximum atomic E-state index is 14.0. The second-order valence-electron chi connectivity index (χ2n) is 8.67. The highest BCUT2D eigenvalue weighted by Gasteiger charge is 2.55. The molecule has 5 heteroatoms. The summed E-state index contributed by atoms with van der Waals surface area (Å²) in [5.41, 5.74) is 3.20. The van der Waals surface area contributed by atoms with Gasteiger partial charge in [-0.25, -0.2) is 4.79 Å². The van der Waals surface area contributed by atoms with Gasteiger partial charge >= 0.3 is 6.03 Å². The maximum absolute atomic E-state index is 14.0. The van der Waals surface area contributed by atoms with Crippen LogP contribution in [-0.2, 0) is 6.42 Å². The summed E-state index contributed by atoms with van der Waals surface area (Å²) in [4.78, 5) is 30.9. The third-order valence-corrected chi connectivity index (χ3v) is 6.53. The van der Waals surface area contributed by atoms with Crippen LogP contribution in [0.2, 0.25) is 0 Å². The van der Waals surface area contributed by atoms with Gasteiger partial charge in [-0.2, -0.15) is 0 Å². The molecule has 2 heterocycles. The number of urea groups is 1. The molecule has 1 fully saturated rings. The highest BCUT2D eigenvalue weighted by atomic mass is 16.5. The van der Waals surface area contributed by atoms with E-state index < -0.39 is 11.8 Å².